The van der Waals surface area contributed by atoms with Gasteiger partial charge in [-0.05, 0) is 59.0 Å². The maximum Gasteiger partial charge on any atom is 0.256 e. The van der Waals surface area contributed by atoms with E-state index in [1.165, 1.54) is 5.56 Å². The molecule has 0 aliphatic carbocycles. The molecule has 0 saturated carbocycles. The van der Waals surface area contributed by atoms with Gasteiger partial charge in [0.25, 0.3) is 5.91 Å². The molecule has 1 fully saturated rings. The van der Waals surface area contributed by atoms with Crippen molar-refractivity contribution in [3.63, 3.8) is 0 Å². The molecule has 6 rings (SSSR count). The van der Waals surface area contributed by atoms with E-state index in [1.54, 1.807) is 0 Å². The number of nitrogens with one attached hydrogen (secondary N) is 1. The number of rotatable bonds is 5. The summed E-state index contributed by atoms with van der Waals surface area (Å²) >= 11 is 0. The lowest BCUT2D eigenvalue weighted by atomic mass is 9.90. The Bertz CT molecular complexity index is 1470. The van der Waals surface area contributed by atoms with Gasteiger partial charge in [0, 0.05) is 31.6 Å². The third kappa shape index (κ3) is 4.34. The van der Waals surface area contributed by atoms with E-state index in [0.717, 1.165) is 39.2 Å². The summed E-state index contributed by atoms with van der Waals surface area (Å²) in [7, 11) is 0. The molecular formula is C29H28N6O2. The molecule has 0 bridgehead atoms. The van der Waals surface area contributed by atoms with E-state index in [9.17, 15) is 4.79 Å². The van der Waals surface area contributed by atoms with Crippen LogP contribution in [-0.2, 0) is 16.1 Å². The topological polar surface area (TPSA) is 96.4 Å². The van der Waals surface area contributed by atoms with Gasteiger partial charge in [-0.2, -0.15) is 5.21 Å². The van der Waals surface area contributed by atoms with Gasteiger partial charge in [-0.25, -0.2) is 0 Å². The number of carbonyl (C=O) groups is 1. The molecule has 0 unspecified atom stereocenters. The average molecular weight is 493 g/mol. The minimum atomic E-state index is -0.641. The first-order valence-corrected chi connectivity index (χ1v) is 12.5. The summed E-state index contributed by atoms with van der Waals surface area (Å²) in [4.78, 5) is 19.9. The van der Waals surface area contributed by atoms with Crippen LogP contribution in [0.2, 0.25) is 0 Å². The molecule has 2 aliphatic heterocycles. The molecule has 186 valence electrons. The van der Waals surface area contributed by atoms with E-state index in [4.69, 9.17) is 9.73 Å². The first-order valence-electron chi connectivity index (χ1n) is 12.5. The first-order chi connectivity index (χ1) is 18.0. The normalized spacial score (nSPS) is 16.9. The molecule has 4 aromatic rings. The smallest absolute Gasteiger partial charge is 0.256 e. The van der Waals surface area contributed by atoms with Gasteiger partial charge in [-0.15, -0.1) is 10.2 Å². The van der Waals surface area contributed by atoms with Crippen LogP contribution in [-0.4, -0.2) is 56.0 Å². The van der Waals surface area contributed by atoms with Crippen LogP contribution >= 0.6 is 0 Å². The number of amidine groups is 1. The molecule has 1 amide bonds. The molecule has 1 spiro atoms. The quantitative estimate of drug-likeness (QED) is 0.431. The summed E-state index contributed by atoms with van der Waals surface area (Å²) in [5.41, 5.74) is 6.85. The second kappa shape index (κ2) is 9.37. The lowest BCUT2D eigenvalue weighted by Gasteiger charge is -2.29. The third-order valence-corrected chi connectivity index (χ3v) is 7.29. The van der Waals surface area contributed by atoms with Crippen molar-refractivity contribution < 1.29 is 9.53 Å². The average Bonchev–Trinajstić information content (AvgIpc) is 3.53. The Morgan fingerprint density at radius 2 is 1.68 bits per heavy atom. The number of amides is 1. The highest BCUT2D eigenvalue weighted by atomic mass is 16.5. The van der Waals surface area contributed by atoms with Crippen LogP contribution in [0.15, 0.2) is 71.7 Å². The Balaban J connectivity index is 1.31. The van der Waals surface area contributed by atoms with Crippen LogP contribution in [0.3, 0.4) is 0 Å². The van der Waals surface area contributed by atoms with E-state index in [1.807, 2.05) is 17.9 Å². The van der Waals surface area contributed by atoms with Gasteiger partial charge < -0.3 is 4.74 Å². The number of aliphatic imine (C=N–C) groups is 1. The van der Waals surface area contributed by atoms with Gasteiger partial charge in [0.2, 0.25) is 5.82 Å². The molecule has 3 heterocycles. The lowest BCUT2D eigenvalue weighted by Crippen LogP contribution is -2.45. The number of benzene rings is 3. The van der Waals surface area contributed by atoms with Crippen LogP contribution < -0.4 is 0 Å². The van der Waals surface area contributed by atoms with Gasteiger partial charge >= 0.3 is 0 Å². The summed E-state index contributed by atoms with van der Waals surface area (Å²) in [5, 5.41) is 14.8. The summed E-state index contributed by atoms with van der Waals surface area (Å²) < 4.78 is 5.47. The fourth-order valence-corrected chi connectivity index (χ4v) is 5.27. The predicted octanol–water partition coefficient (Wildman–Crippen LogP) is 4.82. The van der Waals surface area contributed by atoms with Gasteiger partial charge in [0.05, 0.1) is 6.54 Å². The standard InChI is InChI=1S/C29H28N6O2/c1-19-4-3-5-23(16-19)24-10-11-25(27-31-33-34-32-27)26(17-24)22-8-6-21(7-9-22)18-35-20(2)30-29(28(35)36)12-14-37-15-13-29/h3-11,16-17H,12-15,18H2,1-2H3,(H,31,32,33,34). The number of H-pyrrole nitrogens is 1. The van der Waals surface area contributed by atoms with Crippen LogP contribution in [0.1, 0.15) is 30.9 Å². The predicted molar refractivity (Wildman–Crippen MR) is 142 cm³/mol. The van der Waals surface area contributed by atoms with Crippen LogP contribution in [0, 0.1) is 6.92 Å². The van der Waals surface area contributed by atoms with Gasteiger partial charge in [-0.1, -0.05) is 60.2 Å². The zero-order chi connectivity index (χ0) is 25.4. The molecule has 1 aromatic heterocycles. The summed E-state index contributed by atoms with van der Waals surface area (Å²) in [6, 6.07) is 23.1. The molecule has 3 aromatic carbocycles. The van der Waals surface area contributed by atoms with Crippen LogP contribution in [0.5, 0.6) is 0 Å². The van der Waals surface area contributed by atoms with Crippen molar-refractivity contribution in [1.29, 1.82) is 0 Å². The second-order valence-electron chi connectivity index (χ2n) is 9.76. The van der Waals surface area contributed by atoms with Crippen molar-refractivity contribution in [2.75, 3.05) is 13.2 Å². The number of aromatic amines is 1. The largest absolute Gasteiger partial charge is 0.381 e. The highest BCUT2D eigenvalue weighted by molar-refractivity contribution is 6.07. The monoisotopic (exact) mass is 492 g/mol. The third-order valence-electron chi connectivity index (χ3n) is 7.29. The maximum absolute atomic E-state index is 13.3. The molecular weight excluding hydrogens is 464 g/mol. The number of ether oxygens (including phenoxy) is 1. The van der Waals surface area contributed by atoms with Gasteiger partial charge in [0.1, 0.15) is 11.4 Å². The van der Waals surface area contributed by atoms with Crippen LogP contribution in [0.25, 0.3) is 33.6 Å². The Hall–Kier alpha value is -4.17. The van der Waals surface area contributed by atoms with Crippen molar-refractivity contribution >= 4 is 11.7 Å². The number of hydrogen-bond donors (Lipinski definition) is 1. The SMILES string of the molecule is CC1=NC2(CCOCC2)C(=O)N1Cc1ccc(-c2cc(-c3cccc(C)c3)ccc2-c2nn[nH]n2)cc1. The molecule has 2 aliphatic rings. The van der Waals surface area contributed by atoms with E-state index < -0.39 is 5.54 Å². The molecule has 8 nitrogen and oxygen atoms in total. The number of carbonyl (C=O) groups excluding carboxylic acids is 1. The van der Waals surface area contributed by atoms with Crippen molar-refractivity contribution in [3.8, 4) is 33.6 Å². The number of hydrogen-bond acceptors (Lipinski definition) is 6. The second-order valence-corrected chi connectivity index (χ2v) is 9.76. The van der Waals surface area contributed by atoms with E-state index in [2.05, 4.69) is 88.2 Å². The fourth-order valence-electron chi connectivity index (χ4n) is 5.27. The van der Waals surface area contributed by atoms with Crippen molar-refractivity contribution in [1.82, 2.24) is 25.5 Å². The van der Waals surface area contributed by atoms with E-state index >= 15 is 0 Å². The number of nitrogens with zero attached hydrogens (tertiary/aromatic N) is 5. The minimum Gasteiger partial charge on any atom is -0.381 e. The Morgan fingerprint density at radius 3 is 2.41 bits per heavy atom. The van der Waals surface area contributed by atoms with E-state index in [0.29, 0.717) is 38.4 Å². The van der Waals surface area contributed by atoms with Gasteiger partial charge in [-0.3, -0.25) is 14.7 Å². The molecule has 0 atom stereocenters. The molecule has 37 heavy (non-hydrogen) atoms. The van der Waals surface area contributed by atoms with Gasteiger partial charge in [0.15, 0.2) is 0 Å². The maximum atomic E-state index is 13.3. The van der Waals surface area contributed by atoms with Crippen molar-refractivity contribution in [2.45, 2.75) is 38.8 Å². The summed E-state index contributed by atoms with van der Waals surface area (Å²) in [6.45, 7) is 5.67. The molecule has 8 heteroatoms. The molecule has 0 radical (unpaired) electrons. The first kappa shape index (κ1) is 23.2. The van der Waals surface area contributed by atoms with Crippen molar-refractivity contribution in [3.05, 3.63) is 77.9 Å². The fraction of sp³-hybridized carbons (Fsp3) is 0.276. The van der Waals surface area contributed by atoms with Crippen LogP contribution in [0.4, 0.5) is 0 Å². The van der Waals surface area contributed by atoms with E-state index in [-0.39, 0.29) is 5.91 Å². The highest BCUT2D eigenvalue weighted by Crippen LogP contribution is 2.36. The molecule has 1 saturated heterocycles. The zero-order valence-corrected chi connectivity index (χ0v) is 20.9. The van der Waals surface area contributed by atoms with Crippen molar-refractivity contribution in [2.24, 2.45) is 4.99 Å². The molecule has 1 N–H and O–H groups in total. The number of tetrazole rings is 1. The highest BCUT2D eigenvalue weighted by Gasteiger charge is 2.47. The Labute approximate surface area is 215 Å². The Morgan fingerprint density at radius 1 is 0.919 bits per heavy atom. The number of aromatic nitrogens is 4. The summed E-state index contributed by atoms with van der Waals surface area (Å²) in [6.07, 6.45) is 1.30. The zero-order valence-electron chi connectivity index (χ0n) is 20.9. The number of aryl methyl sites for hydroxylation is 1. The lowest BCUT2D eigenvalue weighted by molar-refractivity contribution is -0.134. The Kier molecular flexibility index (Phi) is 5.88. The minimum absolute atomic E-state index is 0.0858. The summed E-state index contributed by atoms with van der Waals surface area (Å²) in [5.74, 6) is 1.41.